The number of rotatable bonds is 7. The molecule has 4 rings (SSSR count). The molecule has 1 fully saturated rings. The van der Waals surface area contributed by atoms with Crippen LogP contribution in [0.1, 0.15) is 42.9 Å². The Labute approximate surface area is 188 Å². The first-order chi connectivity index (χ1) is 15.2. The third kappa shape index (κ3) is 5.06. The number of aliphatic hydroxyl groups is 1. The molecular weight excluding hydrogens is 432 g/mol. The summed E-state index contributed by atoms with van der Waals surface area (Å²) in [5.41, 5.74) is 2.32. The fraction of sp³-hybridized carbons (Fsp3) is 0.435. The second-order valence-corrected chi connectivity index (χ2v) is 10.2. The number of nitrogens with one attached hydrogen (secondary N) is 2. The highest BCUT2D eigenvalue weighted by molar-refractivity contribution is 7.92. The van der Waals surface area contributed by atoms with E-state index in [4.69, 9.17) is 9.47 Å². The molecule has 9 heteroatoms. The maximum Gasteiger partial charge on any atom is 0.229 e. The van der Waals surface area contributed by atoms with E-state index in [-0.39, 0.29) is 37.0 Å². The molecule has 2 aliphatic heterocycles. The molecule has 0 aromatic heterocycles. The largest absolute Gasteiger partial charge is 0.487 e. The maximum absolute atomic E-state index is 12.7. The summed E-state index contributed by atoms with van der Waals surface area (Å²) in [6.07, 6.45) is 0.443. The van der Waals surface area contributed by atoms with E-state index in [9.17, 15) is 18.3 Å². The Morgan fingerprint density at radius 3 is 2.66 bits per heavy atom. The van der Waals surface area contributed by atoms with Crippen LogP contribution < -0.4 is 14.8 Å². The number of fused-ring (bicyclic) bond motifs is 3. The Balaban J connectivity index is 1.47. The summed E-state index contributed by atoms with van der Waals surface area (Å²) in [4.78, 5) is 12.7. The van der Waals surface area contributed by atoms with Gasteiger partial charge in [-0.15, -0.1) is 0 Å². The van der Waals surface area contributed by atoms with Gasteiger partial charge in [-0.05, 0) is 37.1 Å². The predicted molar refractivity (Wildman–Crippen MR) is 120 cm³/mol. The molecule has 8 nitrogen and oxygen atoms in total. The van der Waals surface area contributed by atoms with Crippen LogP contribution in [-0.2, 0) is 19.6 Å². The second-order valence-electron chi connectivity index (χ2n) is 8.43. The number of ether oxygens (including phenoxy) is 2. The van der Waals surface area contributed by atoms with Gasteiger partial charge in [0.15, 0.2) is 0 Å². The van der Waals surface area contributed by atoms with Gasteiger partial charge in [0.2, 0.25) is 15.9 Å². The smallest absolute Gasteiger partial charge is 0.229 e. The Morgan fingerprint density at radius 1 is 1.22 bits per heavy atom. The number of anilines is 1. The van der Waals surface area contributed by atoms with Crippen LogP contribution in [0.2, 0.25) is 0 Å². The molecule has 1 amide bonds. The predicted octanol–water partition coefficient (Wildman–Crippen LogP) is 2.32. The van der Waals surface area contributed by atoms with Crippen LogP contribution in [0.25, 0.3) is 0 Å². The zero-order valence-corrected chi connectivity index (χ0v) is 18.8. The lowest BCUT2D eigenvalue weighted by Crippen LogP contribution is -2.47. The summed E-state index contributed by atoms with van der Waals surface area (Å²) >= 11 is 0. The van der Waals surface area contributed by atoms with E-state index in [1.54, 1.807) is 18.2 Å². The maximum atomic E-state index is 12.7. The molecule has 172 valence electrons. The standard InChI is InChI=1S/C23H28N2O6S/c1-14(15-6-4-3-5-7-15)24-22(27)12-17-11-19-18-10-16(25-32(2,28)29)8-9-20(18)31-23(19)21(13-26)30-17/h3-10,14,17,19,21,23,25-26H,11-13H2,1-2H3,(H,24,27)/t14-,17+,19+,21+,23-/m1/s1. The van der Waals surface area contributed by atoms with E-state index < -0.39 is 22.2 Å². The van der Waals surface area contributed by atoms with Crippen LogP contribution in [0, 0.1) is 0 Å². The Hall–Kier alpha value is -2.62. The first kappa shape index (κ1) is 22.6. The van der Waals surface area contributed by atoms with Gasteiger partial charge in [-0.25, -0.2) is 8.42 Å². The van der Waals surface area contributed by atoms with Crippen molar-refractivity contribution in [3.63, 3.8) is 0 Å². The summed E-state index contributed by atoms with van der Waals surface area (Å²) in [7, 11) is -3.41. The molecule has 2 aromatic carbocycles. The minimum absolute atomic E-state index is 0.110. The summed E-state index contributed by atoms with van der Waals surface area (Å²) in [5.74, 6) is 0.401. The van der Waals surface area contributed by atoms with Gasteiger partial charge >= 0.3 is 0 Å². The monoisotopic (exact) mass is 460 g/mol. The first-order valence-corrected chi connectivity index (χ1v) is 12.5. The fourth-order valence-electron chi connectivity index (χ4n) is 4.50. The minimum Gasteiger partial charge on any atom is -0.487 e. The number of benzene rings is 2. The normalized spacial score (nSPS) is 25.2. The number of hydrogen-bond acceptors (Lipinski definition) is 6. The summed E-state index contributed by atoms with van der Waals surface area (Å²) in [6, 6.07) is 14.7. The lowest BCUT2D eigenvalue weighted by atomic mass is 9.84. The van der Waals surface area contributed by atoms with Crippen molar-refractivity contribution in [2.75, 3.05) is 17.6 Å². The number of carbonyl (C=O) groups excluding carboxylic acids is 1. The van der Waals surface area contributed by atoms with Gasteiger partial charge in [-0.2, -0.15) is 0 Å². The van der Waals surface area contributed by atoms with Gasteiger partial charge < -0.3 is 19.9 Å². The topological polar surface area (TPSA) is 114 Å². The summed E-state index contributed by atoms with van der Waals surface area (Å²) in [6.45, 7) is 1.70. The van der Waals surface area contributed by atoms with Crippen molar-refractivity contribution in [3.05, 3.63) is 59.7 Å². The van der Waals surface area contributed by atoms with Crippen LogP contribution in [0.5, 0.6) is 5.75 Å². The highest BCUT2D eigenvalue weighted by atomic mass is 32.2. The number of carbonyl (C=O) groups is 1. The van der Waals surface area contributed by atoms with Crippen molar-refractivity contribution in [2.45, 2.75) is 50.0 Å². The third-order valence-electron chi connectivity index (χ3n) is 5.89. The molecule has 3 N–H and O–H groups in total. The molecule has 0 saturated carbocycles. The quantitative estimate of drug-likeness (QED) is 0.584. The van der Waals surface area contributed by atoms with Crippen molar-refractivity contribution in [2.24, 2.45) is 0 Å². The molecule has 0 spiro atoms. The van der Waals surface area contributed by atoms with Crippen molar-refractivity contribution in [3.8, 4) is 5.75 Å². The molecule has 2 aromatic rings. The SMILES string of the molecule is C[C@@H](NC(=O)C[C@@H]1C[C@H]2c3cc(NS(C)(=O)=O)ccc3O[C@H]2[C@H](CO)O1)c1ccccc1. The van der Waals surface area contributed by atoms with Gasteiger partial charge in [0.25, 0.3) is 0 Å². The van der Waals surface area contributed by atoms with Gasteiger partial charge in [0.1, 0.15) is 18.0 Å². The lowest BCUT2D eigenvalue weighted by Gasteiger charge is -2.37. The van der Waals surface area contributed by atoms with E-state index in [1.807, 2.05) is 37.3 Å². The van der Waals surface area contributed by atoms with E-state index in [0.717, 1.165) is 17.4 Å². The average Bonchev–Trinajstić information content (AvgIpc) is 3.10. The molecule has 2 aliphatic rings. The molecule has 2 heterocycles. The molecule has 1 saturated heterocycles. The third-order valence-corrected chi connectivity index (χ3v) is 6.50. The van der Waals surface area contributed by atoms with Gasteiger partial charge in [-0.1, -0.05) is 30.3 Å². The van der Waals surface area contributed by atoms with Crippen LogP contribution in [0.3, 0.4) is 0 Å². The molecular formula is C23H28N2O6S. The van der Waals surface area contributed by atoms with Crippen molar-refractivity contribution in [1.29, 1.82) is 0 Å². The van der Waals surface area contributed by atoms with Crippen LogP contribution in [0.4, 0.5) is 5.69 Å². The van der Waals surface area contributed by atoms with E-state index in [1.165, 1.54) is 0 Å². The zero-order valence-electron chi connectivity index (χ0n) is 18.0. The molecule has 5 atom stereocenters. The summed E-state index contributed by atoms with van der Waals surface area (Å²) in [5, 5.41) is 12.9. The molecule has 0 radical (unpaired) electrons. The highest BCUT2D eigenvalue weighted by Gasteiger charge is 2.46. The van der Waals surface area contributed by atoms with Gasteiger partial charge in [0.05, 0.1) is 31.4 Å². The highest BCUT2D eigenvalue weighted by Crippen LogP contribution is 2.47. The van der Waals surface area contributed by atoms with E-state index in [2.05, 4.69) is 10.0 Å². The van der Waals surface area contributed by atoms with Crippen molar-refractivity contribution >= 4 is 21.6 Å². The first-order valence-electron chi connectivity index (χ1n) is 10.6. The number of sulfonamides is 1. The number of aliphatic hydroxyl groups excluding tert-OH is 1. The Morgan fingerprint density at radius 2 is 1.97 bits per heavy atom. The lowest BCUT2D eigenvalue weighted by molar-refractivity contribution is -0.142. The second kappa shape index (κ2) is 9.09. The van der Waals surface area contributed by atoms with E-state index in [0.29, 0.717) is 17.9 Å². The minimum atomic E-state index is -3.41. The van der Waals surface area contributed by atoms with Crippen molar-refractivity contribution < 1.29 is 27.8 Å². The summed E-state index contributed by atoms with van der Waals surface area (Å²) < 4.78 is 37.7. The molecule has 0 bridgehead atoms. The Kier molecular flexibility index (Phi) is 6.41. The zero-order chi connectivity index (χ0) is 22.9. The van der Waals surface area contributed by atoms with Crippen LogP contribution >= 0.6 is 0 Å². The van der Waals surface area contributed by atoms with Crippen LogP contribution in [-0.4, -0.2) is 50.6 Å². The van der Waals surface area contributed by atoms with Crippen molar-refractivity contribution in [1.82, 2.24) is 5.32 Å². The molecule has 0 unspecified atom stereocenters. The fourth-order valence-corrected chi connectivity index (χ4v) is 5.05. The van der Waals surface area contributed by atoms with Gasteiger partial charge in [0, 0.05) is 17.2 Å². The number of amides is 1. The van der Waals surface area contributed by atoms with Gasteiger partial charge in [-0.3, -0.25) is 9.52 Å². The molecule has 0 aliphatic carbocycles. The Bertz CT molecular complexity index is 1080. The van der Waals surface area contributed by atoms with E-state index >= 15 is 0 Å². The van der Waals surface area contributed by atoms with Crippen LogP contribution in [0.15, 0.2) is 48.5 Å². The average molecular weight is 461 g/mol. The number of hydrogen-bond donors (Lipinski definition) is 3. The molecule has 32 heavy (non-hydrogen) atoms.